The lowest BCUT2D eigenvalue weighted by Gasteiger charge is -2.24. The highest BCUT2D eigenvalue weighted by molar-refractivity contribution is 7.97. The summed E-state index contributed by atoms with van der Waals surface area (Å²) < 4.78 is 73.5. The minimum absolute atomic E-state index is 0.0146. The van der Waals surface area contributed by atoms with Crippen LogP contribution in [0, 0.1) is 0 Å². The minimum Gasteiger partial charge on any atom is -0.767 e. The lowest BCUT2D eigenvalue weighted by molar-refractivity contribution is -0.176. The van der Waals surface area contributed by atoms with Gasteiger partial charge in [-0.3, -0.25) is 4.21 Å². The Labute approximate surface area is 255 Å². The number of hydrogen-bond acceptors (Lipinski definition) is 8. The Morgan fingerprint density at radius 1 is 0.860 bits per heavy atom. The number of ether oxygens (including phenoxy) is 5. The molecule has 232 valence electrons. The smallest absolute Gasteiger partial charge is 0.403 e. The summed E-state index contributed by atoms with van der Waals surface area (Å²) >= 11 is -3.92. The molecule has 12 heteroatoms. The summed E-state index contributed by atoms with van der Waals surface area (Å²) in [7, 11) is -0.0146. The molecule has 0 aliphatic carbocycles. The fraction of sp³-hybridized carbons (Fsp3) is 0.387. The van der Waals surface area contributed by atoms with Gasteiger partial charge in [0.1, 0.15) is 24.9 Å². The number of alkyl halides is 2. The summed E-state index contributed by atoms with van der Waals surface area (Å²) in [6.07, 6.45) is -2.21. The highest BCUT2D eigenvalue weighted by Gasteiger charge is 2.51. The Morgan fingerprint density at radius 3 is 1.72 bits per heavy atom. The van der Waals surface area contributed by atoms with Crippen molar-refractivity contribution in [3.8, 4) is 0 Å². The molecule has 0 N–H and O–H groups in total. The zero-order valence-corrected chi connectivity index (χ0v) is 25.8. The van der Waals surface area contributed by atoms with Gasteiger partial charge in [-0.1, -0.05) is 54.6 Å². The van der Waals surface area contributed by atoms with Gasteiger partial charge < -0.3 is 28.2 Å². The van der Waals surface area contributed by atoms with E-state index in [-0.39, 0.29) is 17.5 Å². The Hall–Kier alpha value is -2.71. The second-order valence-corrected chi connectivity index (χ2v) is 13.6. The second kappa shape index (κ2) is 13.9. The summed E-state index contributed by atoms with van der Waals surface area (Å²) in [4.78, 5) is 15.3. The van der Waals surface area contributed by atoms with E-state index in [4.69, 9.17) is 18.9 Å². The quantitative estimate of drug-likeness (QED) is 0.183. The van der Waals surface area contributed by atoms with Gasteiger partial charge in [-0.05, 0) is 64.1 Å². The Morgan fingerprint density at radius 2 is 1.33 bits per heavy atom. The van der Waals surface area contributed by atoms with Crippen molar-refractivity contribution in [2.24, 2.45) is 0 Å². The molecule has 0 bridgehead atoms. The van der Waals surface area contributed by atoms with E-state index in [2.05, 4.69) is 95.7 Å². The van der Waals surface area contributed by atoms with Crippen LogP contribution in [0.1, 0.15) is 27.7 Å². The molecule has 0 spiro atoms. The molecule has 2 fully saturated rings. The van der Waals surface area contributed by atoms with Crippen LogP contribution in [0.4, 0.5) is 8.78 Å². The molecule has 2 aliphatic heterocycles. The van der Waals surface area contributed by atoms with E-state index in [0.717, 1.165) is 0 Å². The van der Waals surface area contributed by atoms with Crippen molar-refractivity contribution in [2.45, 2.75) is 77.5 Å². The molecule has 3 aromatic rings. The number of halogens is 2. The van der Waals surface area contributed by atoms with Gasteiger partial charge in [0.15, 0.2) is 26.3 Å². The summed E-state index contributed by atoms with van der Waals surface area (Å²) in [5.74, 6) is -4.07. The molecule has 0 radical (unpaired) electrons. The number of carbonyl (C=O) groups excluding carboxylic acids is 1. The Kier molecular flexibility index (Phi) is 10.8. The average Bonchev–Trinajstić information content (AvgIpc) is 3.50. The lowest BCUT2D eigenvalue weighted by atomic mass is 10.1. The van der Waals surface area contributed by atoms with E-state index in [9.17, 15) is 22.3 Å². The van der Waals surface area contributed by atoms with Crippen LogP contribution < -0.4 is 0 Å². The van der Waals surface area contributed by atoms with Crippen molar-refractivity contribution < 1.29 is 46.0 Å². The van der Waals surface area contributed by atoms with E-state index >= 15 is 0 Å². The van der Waals surface area contributed by atoms with E-state index in [1.807, 2.05) is 0 Å². The van der Waals surface area contributed by atoms with Crippen molar-refractivity contribution in [1.29, 1.82) is 0 Å². The number of carbonyl (C=O) groups is 1. The maximum Gasteiger partial charge on any atom is 0.403 e. The summed E-state index contributed by atoms with van der Waals surface area (Å²) in [6, 6.07) is 32.2. The zero-order valence-electron chi connectivity index (χ0n) is 24.1. The third-order valence-electron chi connectivity index (χ3n) is 6.38. The summed E-state index contributed by atoms with van der Waals surface area (Å²) in [5.41, 5.74) is 0. The molecule has 0 aromatic heterocycles. The van der Waals surface area contributed by atoms with Gasteiger partial charge in [-0.15, -0.1) is 0 Å². The highest BCUT2D eigenvalue weighted by Crippen LogP contribution is 2.36. The van der Waals surface area contributed by atoms with Crippen LogP contribution in [0.15, 0.2) is 106 Å². The van der Waals surface area contributed by atoms with Gasteiger partial charge >= 0.3 is 11.2 Å². The second-order valence-electron chi connectivity index (χ2n) is 10.6. The monoisotopic (exact) mass is 636 g/mol. The molecule has 8 nitrogen and oxygen atoms in total. The van der Waals surface area contributed by atoms with Crippen molar-refractivity contribution in [3.05, 3.63) is 91.0 Å². The van der Waals surface area contributed by atoms with Crippen molar-refractivity contribution >= 4 is 27.9 Å². The van der Waals surface area contributed by atoms with Crippen LogP contribution in [-0.4, -0.2) is 63.1 Å². The van der Waals surface area contributed by atoms with Crippen molar-refractivity contribution in [1.82, 2.24) is 0 Å². The normalized spacial score (nSPS) is 23.3. The predicted molar refractivity (Wildman–Crippen MR) is 155 cm³/mol. The third-order valence-corrected chi connectivity index (χ3v) is 9.20. The zero-order chi connectivity index (χ0) is 31.3. The molecule has 1 unspecified atom stereocenters. The van der Waals surface area contributed by atoms with Crippen molar-refractivity contribution in [2.75, 3.05) is 13.2 Å². The average molecular weight is 637 g/mol. The molecule has 2 saturated heterocycles. The molecule has 3 aromatic carbocycles. The highest BCUT2D eigenvalue weighted by atomic mass is 32.2. The van der Waals surface area contributed by atoms with Gasteiger partial charge in [0.05, 0.1) is 17.5 Å². The molecule has 4 atom stereocenters. The van der Waals surface area contributed by atoms with E-state index < -0.39 is 58.8 Å². The maximum atomic E-state index is 13.1. The molecule has 2 aliphatic rings. The lowest BCUT2D eigenvalue weighted by Crippen LogP contribution is -2.42. The van der Waals surface area contributed by atoms with Gasteiger partial charge in [-0.2, -0.15) is 8.78 Å². The number of hydrogen-bond donors (Lipinski definition) is 0. The Balaban J connectivity index is 0.000000202. The van der Waals surface area contributed by atoms with Gasteiger partial charge in [-0.25, -0.2) is 4.79 Å². The van der Waals surface area contributed by atoms with Gasteiger partial charge in [0, 0.05) is 11.1 Å². The standard InChI is InChI=1S/C18H15S.C13H20F2O8S/c1-4-10-16(11-5-1)19(17-12-6-2-7-13-17)18-14-8-3-9-15-18;1-11(2)20-6-8(21-11)9-7(22-12(3,4)23-9)5-19-10(16)13(14,15)24(17)18/h1-15H;7-9H,5-6H2,1-4H3,(H,17,18)/q+1;/p-1/t;7-,8+,9+/m.0/s1. The van der Waals surface area contributed by atoms with Crippen LogP contribution in [-0.2, 0) is 50.5 Å². The molecule has 5 rings (SSSR count). The molecular formula is C31H34F2O8S2. The summed E-state index contributed by atoms with van der Waals surface area (Å²) in [6.45, 7) is 6.18. The van der Waals surface area contributed by atoms with Crippen molar-refractivity contribution in [3.63, 3.8) is 0 Å². The van der Waals surface area contributed by atoms with Crippen LogP contribution in [0.3, 0.4) is 0 Å². The Bertz CT molecular complexity index is 1270. The molecular weight excluding hydrogens is 602 g/mol. The number of esters is 1. The first kappa shape index (κ1) is 33.2. The largest absolute Gasteiger partial charge is 0.767 e. The van der Waals surface area contributed by atoms with Gasteiger partial charge in [0.2, 0.25) is 0 Å². The first-order chi connectivity index (χ1) is 20.3. The van der Waals surface area contributed by atoms with E-state index in [1.54, 1.807) is 27.7 Å². The van der Waals surface area contributed by atoms with Gasteiger partial charge in [0.25, 0.3) is 0 Å². The minimum atomic E-state index is -4.63. The molecule has 0 saturated carbocycles. The topological polar surface area (TPSA) is 103 Å². The van der Waals surface area contributed by atoms with Crippen LogP contribution >= 0.6 is 0 Å². The van der Waals surface area contributed by atoms with E-state index in [1.165, 1.54) is 14.7 Å². The number of benzene rings is 3. The predicted octanol–water partition coefficient (Wildman–Crippen LogP) is 5.46. The summed E-state index contributed by atoms with van der Waals surface area (Å²) in [5, 5.41) is -4.63. The first-order valence-electron chi connectivity index (χ1n) is 13.5. The molecule has 2 heterocycles. The first-order valence-corrected chi connectivity index (χ1v) is 15.8. The molecule has 0 amide bonds. The van der Waals surface area contributed by atoms with Crippen LogP contribution in [0.5, 0.6) is 0 Å². The molecule has 43 heavy (non-hydrogen) atoms. The van der Waals surface area contributed by atoms with E-state index in [0.29, 0.717) is 0 Å². The SMILES string of the molecule is CC1(C)O[C@@H]([C@H]2COC(C)(C)O2)[C@H](COC(=O)C(F)(F)S(=O)[O-])O1.c1ccc([S+](c2ccccc2)c2ccccc2)cc1. The maximum absolute atomic E-state index is 13.1. The number of rotatable bonds is 8. The van der Waals surface area contributed by atoms with Crippen LogP contribution in [0.25, 0.3) is 0 Å². The third kappa shape index (κ3) is 8.69. The fourth-order valence-corrected chi connectivity index (χ4v) is 6.87. The van der Waals surface area contributed by atoms with Crippen LogP contribution in [0.2, 0.25) is 0 Å². The fourth-order valence-electron chi connectivity index (χ4n) is 4.57.